The molecule has 5 heteroatoms. The number of hydrogen-bond donors (Lipinski definition) is 0. The van der Waals surface area contributed by atoms with Gasteiger partial charge in [0.2, 0.25) is 0 Å². The maximum absolute atomic E-state index is 13.5. The molecular weight excluding hydrogens is 398 g/mol. The zero-order valence-corrected chi connectivity index (χ0v) is 19.4. The van der Waals surface area contributed by atoms with Crippen LogP contribution in [-0.4, -0.2) is 47.8 Å². The number of nitrogens with zero attached hydrogens (tertiary/aromatic N) is 3. The Morgan fingerprint density at radius 3 is 2.47 bits per heavy atom. The second-order valence-corrected chi connectivity index (χ2v) is 9.44. The van der Waals surface area contributed by atoms with E-state index in [1.807, 2.05) is 31.9 Å². The highest BCUT2D eigenvalue weighted by Crippen LogP contribution is 2.38. The molecule has 3 aliphatic heterocycles. The number of dihydropyridines is 1. The third kappa shape index (κ3) is 3.79. The van der Waals surface area contributed by atoms with Crippen LogP contribution in [0.1, 0.15) is 59.4 Å². The highest BCUT2D eigenvalue weighted by Gasteiger charge is 2.34. The number of carbonyl (C=O) groups excluding carboxylic acids is 1. The van der Waals surface area contributed by atoms with Crippen LogP contribution in [0.15, 0.2) is 47.1 Å². The van der Waals surface area contributed by atoms with Gasteiger partial charge in [-0.15, -0.1) is 0 Å². The second-order valence-electron chi connectivity index (χ2n) is 9.44. The van der Waals surface area contributed by atoms with Gasteiger partial charge in [-0.05, 0) is 67.7 Å². The van der Waals surface area contributed by atoms with E-state index < -0.39 is 0 Å². The highest BCUT2D eigenvalue weighted by molar-refractivity contribution is 6.02. The fraction of sp³-hybridized carbons (Fsp3) is 0.444. The molecule has 0 aliphatic carbocycles. The third-order valence-electron chi connectivity index (χ3n) is 7.19. The van der Waals surface area contributed by atoms with Crippen molar-refractivity contribution >= 4 is 11.6 Å². The van der Waals surface area contributed by atoms with Crippen LogP contribution in [0.4, 0.5) is 0 Å². The van der Waals surface area contributed by atoms with Gasteiger partial charge in [0.05, 0.1) is 6.04 Å². The molecule has 1 fully saturated rings. The molecule has 0 radical (unpaired) electrons. The van der Waals surface area contributed by atoms with Crippen LogP contribution in [0, 0.1) is 19.8 Å². The summed E-state index contributed by atoms with van der Waals surface area (Å²) in [7, 11) is 1.90. The Balaban J connectivity index is 1.59. The number of pyridine rings is 1. The van der Waals surface area contributed by atoms with Gasteiger partial charge in [0, 0.05) is 66.9 Å². The average molecular weight is 430 g/mol. The van der Waals surface area contributed by atoms with Crippen molar-refractivity contribution in [2.45, 2.75) is 52.0 Å². The van der Waals surface area contributed by atoms with Crippen LogP contribution < -0.4 is 0 Å². The van der Waals surface area contributed by atoms with E-state index in [1.165, 1.54) is 0 Å². The first-order valence-electron chi connectivity index (χ1n) is 11.6. The number of aliphatic imine (C=N–C) groups is 1. The van der Waals surface area contributed by atoms with Gasteiger partial charge < -0.3 is 9.64 Å². The van der Waals surface area contributed by atoms with Crippen LogP contribution in [0.2, 0.25) is 0 Å². The van der Waals surface area contributed by atoms with Gasteiger partial charge in [-0.25, -0.2) is 0 Å². The molecule has 2 unspecified atom stereocenters. The third-order valence-corrected chi connectivity index (χ3v) is 7.19. The van der Waals surface area contributed by atoms with Gasteiger partial charge in [0.25, 0.3) is 5.91 Å². The first-order chi connectivity index (χ1) is 15.4. The Kier molecular flexibility index (Phi) is 5.46. The molecule has 166 valence electrons. The van der Waals surface area contributed by atoms with E-state index in [0.717, 1.165) is 77.5 Å². The van der Waals surface area contributed by atoms with Crippen LogP contribution in [-0.2, 0) is 4.74 Å². The number of rotatable bonds is 2. The van der Waals surface area contributed by atoms with Crippen molar-refractivity contribution in [3.05, 3.63) is 64.6 Å². The summed E-state index contributed by atoms with van der Waals surface area (Å²) in [5.74, 6) is 0.647. The molecule has 3 aliphatic rings. The zero-order valence-electron chi connectivity index (χ0n) is 19.4. The number of benzene rings is 1. The van der Waals surface area contributed by atoms with Crippen molar-refractivity contribution in [1.29, 1.82) is 0 Å². The molecular formula is C27H31N3O2. The molecule has 1 aromatic heterocycles. The second kappa shape index (κ2) is 8.28. The molecule has 4 heterocycles. The first-order valence-corrected chi connectivity index (χ1v) is 11.6. The van der Waals surface area contributed by atoms with Crippen LogP contribution in [0.5, 0.6) is 0 Å². The molecule has 32 heavy (non-hydrogen) atoms. The molecule has 2 aromatic rings. The van der Waals surface area contributed by atoms with Crippen LogP contribution >= 0.6 is 0 Å². The number of hydrogen-bond acceptors (Lipinski definition) is 4. The van der Waals surface area contributed by atoms with E-state index in [1.54, 1.807) is 0 Å². The first kappa shape index (κ1) is 21.1. The topological polar surface area (TPSA) is 54.8 Å². The average Bonchev–Trinajstić information content (AvgIpc) is 2.81. The highest BCUT2D eigenvalue weighted by atomic mass is 16.5. The molecule has 1 aromatic carbocycles. The Morgan fingerprint density at radius 2 is 1.75 bits per heavy atom. The van der Waals surface area contributed by atoms with Crippen molar-refractivity contribution in [3.63, 3.8) is 0 Å². The molecule has 0 spiro atoms. The van der Waals surface area contributed by atoms with Gasteiger partial charge in [-0.2, -0.15) is 0 Å². The van der Waals surface area contributed by atoms with Gasteiger partial charge in [0.1, 0.15) is 0 Å². The van der Waals surface area contributed by atoms with Crippen molar-refractivity contribution in [2.24, 2.45) is 10.9 Å². The van der Waals surface area contributed by atoms with Gasteiger partial charge in [-0.1, -0.05) is 19.1 Å². The Hall–Kier alpha value is -2.79. The summed E-state index contributed by atoms with van der Waals surface area (Å²) in [4.78, 5) is 25.1. The molecule has 1 amide bonds. The summed E-state index contributed by atoms with van der Waals surface area (Å²) in [6.45, 7) is 7.85. The van der Waals surface area contributed by atoms with Gasteiger partial charge in [0.15, 0.2) is 0 Å². The number of carbonyl (C=O) groups is 1. The Labute approximate surface area is 190 Å². The summed E-state index contributed by atoms with van der Waals surface area (Å²) < 4.78 is 5.56. The fourth-order valence-electron chi connectivity index (χ4n) is 5.29. The SMILES string of the molecule is Cc1cc(-c2ccc3c(c2)C(C)C2CC(=CC(C4CCOCC4)=N2)N(C)C3=O)cc(C)n1. The maximum Gasteiger partial charge on any atom is 0.258 e. The smallest absolute Gasteiger partial charge is 0.258 e. The predicted molar refractivity (Wildman–Crippen MR) is 127 cm³/mol. The minimum absolute atomic E-state index is 0.0680. The van der Waals surface area contributed by atoms with Crippen LogP contribution in [0.3, 0.4) is 0 Å². The molecule has 2 bridgehead atoms. The summed E-state index contributed by atoms with van der Waals surface area (Å²) in [5.41, 5.74) is 8.37. The largest absolute Gasteiger partial charge is 0.381 e. The summed E-state index contributed by atoms with van der Waals surface area (Å²) in [6.07, 6.45) is 4.97. The quantitative estimate of drug-likeness (QED) is 0.669. The summed E-state index contributed by atoms with van der Waals surface area (Å²) in [6, 6.07) is 10.6. The van der Waals surface area contributed by atoms with Gasteiger partial charge in [-0.3, -0.25) is 14.8 Å². The normalized spacial score (nSPS) is 23.8. The van der Waals surface area contributed by atoms with E-state index >= 15 is 0 Å². The van der Waals surface area contributed by atoms with Crippen molar-refractivity contribution in [3.8, 4) is 11.1 Å². The minimum Gasteiger partial charge on any atom is -0.381 e. The summed E-state index contributed by atoms with van der Waals surface area (Å²) in [5, 5.41) is 0. The summed E-state index contributed by atoms with van der Waals surface area (Å²) >= 11 is 0. The minimum atomic E-state index is 0.0680. The maximum atomic E-state index is 13.5. The molecule has 5 rings (SSSR count). The standard InChI is InChI=1S/C27H31N3O2/c1-16-11-21(12-17(2)28-16)20-5-6-23-24(13-20)18(3)25-14-22(30(4)27(23)31)15-26(29-25)19-7-9-32-10-8-19/h5-6,11-13,15,18-19,25H,7-10,14H2,1-4H3. The number of ether oxygens (including phenoxy) is 1. The predicted octanol–water partition coefficient (Wildman–Crippen LogP) is 5.08. The molecule has 1 saturated heterocycles. The van der Waals surface area contributed by atoms with E-state index in [0.29, 0.717) is 5.92 Å². The number of aromatic nitrogens is 1. The lowest BCUT2D eigenvalue weighted by atomic mass is 9.81. The lowest BCUT2D eigenvalue weighted by molar-refractivity contribution is 0.0811. The van der Waals surface area contributed by atoms with E-state index in [9.17, 15) is 4.79 Å². The number of fused-ring (bicyclic) bond motifs is 3. The lowest BCUT2D eigenvalue weighted by Gasteiger charge is -2.36. The van der Waals surface area contributed by atoms with Crippen LogP contribution in [0.25, 0.3) is 11.1 Å². The zero-order chi connectivity index (χ0) is 22.4. The number of allylic oxidation sites excluding steroid dienone is 1. The molecule has 0 N–H and O–H groups in total. The van der Waals surface area contributed by atoms with E-state index in [2.05, 4.69) is 42.2 Å². The Morgan fingerprint density at radius 1 is 1.03 bits per heavy atom. The Bertz CT molecular complexity index is 1110. The molecule has 0 saturated carbocycles. The van der Waals surface area contributed by atoms with Crippen molar-refractivity contribution < 1.29 is 9.53 Å². The number of aryl methyl sites for hydroxylation is 2. The van der Waals surface area contributed by atoms with E-state index in [-0.39, 0.29) is 17.9 Å². The molecule has 2 atom stereocenters. The van der Waals surface area contributed by atoms with Gasteiger partial charge >= 0.3 is 0 Å². The number of amides is 1. The molecule has 5 nitrogen and oxygen atoms in total. The van der Waals surface area contributed by atoms with Crippen molar-refractivity contribution in [2.75, 3.05) is 20.3 Å². The van der Waals surface area contributed by atoms with Crippen molar-refractivity contribution in [1.82, 2.24) is 9.88 Å². The lowest BCUT2D eigenvalue weighted by Crippen LogP contribution is -2.37. The van der Waals surface area contributed by atoms with E-state index in [4.69, 9.17) is 9.73 Å². The monoisotopic (exact) mass is 429 g/mol. The fourth-order valence-corrected chi connectivity index (χ4v) is 5.29.